The molecule has 5 rings (SSSR count). The Hall–Kier alpha value is -1.27. The number of nitrogens with zero attached hydrogens (tertiary/aromatic N) is 2. The van der Waals surface area contributed by atoms with Gasteiger partial charge in [-0.25, -0.2) is 0 Å². The molecule has 0 spiro atoms. The van der Waals surface area contributed by atoms with E-state index in [1.54, 1.807) is 0 Å². The maximum absolute atomic E-state index is 5.43. The molecule has 4 fully saturated rings. The van der Waals surface area contributed by atoms with E-state index in [9.17, 15) is 0 Å². The zero-order valence-electron chi connectivity index (χ0n) is 11.3. The summed E-state index contributed by atoms with van der Waals surface area (Å²) in [6.45, 7) is 0.419. The van der Waals surface area contributed by atoms with Gasteiger partial charge in [0.1, 0.15) is 0 Å². The second-order valence-electron chi connectivity index (χ2n) is 6.82. The highest BCUT2D eigenvalue weighted by Crippen LogP contribution is 2.58. The first-order chi connectivity index (χ1) is 9.27. The summed E-state index contributed by atoms with van der Waals surface area (Å²) in [5.74, 6) is 8.87. The van der Waals surface area contributed by atoms with Crippen LogP contribution in [0.5, 0.6) is 0 Å². The van der Waals surface area contributed by atoms with E-state index in [1.807, 2.05) is 6.20 Å². The van der Waals surface area contributed by atoms with Gasteiger partial charge in [0.05, 0.1) is 23.8 Å². The van der Waals surface area contributed by atoms with Crippen molar-refractivity contribution in [2.45, 2.75) is 44.1 Å². The van der Waals surface area contributed by atoms with Crippen molar-refractivity contribution in [2.24, 2.45) is 23.5 Å². The van der Waals surface area contributed by atoms with Crippen molar-refractivity contribution in [1.82, 2.24) is 9.78 Å². The molecule has 0 aliphatic heterocycles. The minimum absolute atomic E-state index is 0.317. The fourth-order valence-electron chi connectivity index (χ4n) is 5.15. The molecule has 4 aliphatic rings. The monoisotopic (exact) mass is 255 g/mol. The van der Waals surface area contributed by atoms with Gasteiger partial charge in [0, 0.05) is 6.20 Å². The van der Waals surface area contributed by atoms with Crippen molar-refractivity contribution in [3.05, 3.63) is 18.0 Å². The highest BCUT2D eigenvalue weighted by molar-refractivity contribution is 5.30. The van der Waals surface area contributed by atoms with E-state index < -0.39 is 0 Å². The van der Waals surface area contributed by atoms with E-state index in [4.69, 9.17) is 5.73 Å². The molecule has 0 saturated heterocycles. The summed E-state index contributed by atoms with van der Waals surface area (Å²) in [6, 6.07) is 0. The average Bonchev–Trinajstić information content (AvgIpc) is 2.84. The molecule has 2 N–H and O–H groups in total. The van der Waals surface area contributed by atoms with Gasteiger partial charge in [-0.15, -0.1) is 0 Å². The molecule has 1 aromatic heterocycles. The highest BCUT2D eigenvalue weighted by Gasteiger charge is 2.52. The van der Waals surface area contributed by atoms with Gasteiger partial charge in [-0.3, -0.25) is 4.68 Å². The molecular formula is C16H21N3. The van der Waals surface area contributed by atoms with Gasteiger partial charge in [0.2, 0.25) is 0 Å². The molecule has 1 aromatic rings. The van der Waals surface area contributed by atoms with E-state index in [0.717, 1.165) is 23.3 Å². The Morgan fingerprint density at radius 2 is 1.84 bits per heavy atom. The third-order valence-corrected chi connectivity index (χ3v) is 5.41. The summed E-state index contributed by atoms with van der Waals surface area (Å²) in [6.07, 6.45) is 12.5. The van der Waals surface area contributed by atoms with E-state index in [-0.39, 0.29) is 0 Å². The molecule has 0 radical (unpaired) electrons. The molecule has 4 bridgehead atoms. The van der Waals surface area contributed by atoms with Crippen LogP contribution in [0.3, 0.4) is 0 Å². The zero-order valence-corrected chi connectivity index (χ0v) is 11.3. The first-order valence-electron chi connectivity index (χ1n) is 7.51. The summed E-state index contributed by atoms with van der Waals surface area (Å²) in [4.78, 5) is 0. The van der Waals surface area contributed by atoms with Crippen LogP contribution in [0.1, 0.15) is 44.1 Å². The van der Waals surface area contributed by atoms with Gasteiger partial charge in [0.15, 0.2) is 0 Å². The van der Waals surface area contributed by atoms with Crippen LogP contribution in [0.2, 0.25) is 0 Å². The third-order valence-electron chi connectivity index (χ3n) is 5.41. The molecule has 4 saturated carbocycles. The maximum Gasteiger partial charge on any atom is 0.0646 e. The molecule has 0 atom stereocenters. The number of aromatic nitrogens is 2. The Bertz CT molecular complexity index is 511. The fraction of sp³-hybridized carbons (Fsp3) is 0.688. The van der Waals surface area contributed by atoms with E-state index in [2.05, 4.69) is 27.8 Å². The Morgan fingerprint density at radius 3 is 2.42 bits per heavy atom. The molecule has 3 heteroatoms. The molecule has 4 aliphatic carbocycles. The minimum Gasteiger partial charge on any atom is -0.320 e. The van der Waals surface area contributed by atoms with Gasteiger partial charge in [-0.2, -0.15) is 5.10 Å². The van der Waals surface area contributed by atoms with Crippen molar-refractivity contribution in [1.29, 1.82) is 0 Å². The lowest BCUT2D eigenvalue weighted by Gasteiger charge is -2.56. The standard InChI is InChI=1S/C16H21N3/c17-3-1-2-12-10-18-19(11-12)16-7-13-4-14(8-16)6-15(5-13)9-16/h10-11,13-15H,3-9,17H2. The highest BCUT2D eigenvalue weighted by atomic mass is 15.3. The summed E-state index contributed by atoms with van der Waals surface area (Å²) in [7, 11) is 0. The predicted molar refractivity (Wildman–Crippen MR) is 74.3 cm³/mol. The van der Waals surface area contributed by atoms with Gasteiger partial charge in [0.25, 0.3) is 0 Å². The van der Waals surface area contributed by atoms with Crippen LogP contribution in [0.25, 0.3) is 0 Å². The van der Waals surface area contributed by atoms with E-state index in [0.29, 0.717) is 12.1 Å². The van der Waals surface area contributed by atoms with Gasteiger partial charge >= 0.3 is 0 Å². The van der Waals surface area contributed by atoms with Crippen LogP contribution in [0.15, 0.2) is 12.4 Å². The molecule has 0 unspecified atom stereocenters. The van der Waals surface area contributed by atoms with Crippen molar-refractivity contribution < 1.29 is 0 Å². The van der Waals surface area contributed by atoms with Crippen LogP contribution in [0, 0.1) is 29.6 Å². The number of hydrogen-bond donors (Lipinski definition) is 1. The van der Waals surface area contributed by atoms with Gasteiger partial charge < -0.3 is 5.73 Å². The maximum atomic E-state index is 5.43. The smallest absolute Gasteiger partial charge is 0.0646 e. The number of hydrogen-bond acceptors (Lipinski definition) is 2. The Kier molecular flexibility index (Phi) is 2.50. The lowest BCUT2D eigenvalue weighted by molar-refractivity contribution is -0.0494. The first-order valence-corrected chi connectivity index (χ1v) is 7.51. The molecule has 3 nitrogen and oxygen atoms in total. The zero-order chi connectivity index (χ0) is 12.9. The third kappa shape index (κ3) is 1.81. The van der Waals surface area contributed by atoms with E-state index >= 15 is 0 Å². The fourth-order valence-corrected chi connectivity index (χ4v) is 5.15. The quantitative estimate of drug-likeness (QED) is 0.781. The second kappa shape index (κ2) is 4.11. The summed E-state index contributed by atoms with van der Waals surface area (Å²) in [5, 5.41) is 4.63. The summed E-state index contributed by atoms with van der Waals surface area (Å²) in [5.41, 5.74) is 6.76. The van der Waals surface area contributed by atoms with E-state index in [1.165, 1.54) is 38.5 Å². The number of nitrogens with two attached hydrogens (primary N) is 1. The lowest BCUT2D eigenvalue weighted by Crippen LogP contribution is -2.52. The number of rotatable bonds is 1. The van der Waals surface area contributed by atoms with Gasteiger partial charge in [-0.05, 0) is 56.3 Å². The predicted octanol–water partition coefficient (Wildman–Crippen LogP) is 2.12. The van der Waals surface area contributed by atoms with Crippen LogP contribution in [-0.4, -0.2) is 16.3 Å². The topological polar surface area (TPSA) is 43.8 Å². The average molecular weight is 255 g/mol. The molecule has 0 aromatic carbocycles. The SMILES string of the molecule is NCC#Cc1cnn(C23CC4CC(CC(C4)C2)C3)c1. The molecule has 1 heterocycles. The van der Waals surface area contributed by atoms with Crippen molar-refractivity contribution in [2.75, 3.05) is 6.54 Å². The Morgan fingerprint density at radius 1 is 1.21 bits per heavy atom. The minimum atomic E-state index is 0.317. The Balaban J connectivity index is 1.66. The van der Waals surface area contributed by atoms with Crippen LogP contribution < -0.4 is 5.73 Å². The molecule has 0 amide bonds. The van der Waals surface area contributed by atoms with Crippen molar-refractivity contribution in [3.63, 3.8) is 0 Å². The van der Waals surface area contributed by atoms with Crippen molar-refractivity contribution >= 4 is 0 Å². The molecule has 19 heavy (non-hydrogen) atoms. The lowest BCUT2D eigenvalue weighted by atomic mass is 9.53. The van der Waals surface area contributed by atoms with Crippen LogP contribution in [-0.2, 0) is 5.54 Å². The van der Waals surface area contributed by atoms with Gasteiger partial charge in [-0.1, -0.05) is 11.8 Å². The van der Waals surface area contributed by atoms with Crippen molar-refractivity contribution in [3.8, 4) is 11.8 Å². The molecule has 100 valence electrons. The Labute approximate surface area is 114 Å². The van der Waals surface area contributed by atoms with Crippen LogP contribution in [0.4, 0.5) is 0 Å². The second-order valence-corrected chi connectivity index (χ2v) is 6.82. The largest absolute Gasteiger partial charge is 0.320 e. The van der Waals surface area contributed by atoms with Crippen LogP contribution >= 0.6 is 0 Å². The normalized spacial score (nSPS) is 39.1. The summed E-state index contributed by atoms with van der Waals surface area (Å²) >= 11 is 0. The first kappa shape index (κ1) is 11.5. The molecular weight excluding hydrogens is 234 g/mol. The summed E-state index contributed by atoms with van der Waals surface area (Å²) < 4.78 is 2.25.